The van der Waals surface area contributed by atoms with Gasteiger partial charge in [-0.2, -0.15) is 0 Å². The van der Waals surface area contributed by atoms with Gasteiger partial charge in [0.1, 0.15) is 4.85 Å². The van der Waals surface area contributed by atoms with Crippen molar-refractivity contribution >= 4 is 67.8 Å². The highest BCUT2D eigenvalue weighted by Gasteiger charge is 2.41. The zero-order valence-electron chi connectivity index (χ0n) is 8.00. The normalized spacial score (nSPS) is 16.5. The Morgan fingerprint density at radius 1 is 1.31 bits per heavy atom. The summed E-state index contributed by atoms with van der Waals surface area (Å²) in [7, 11) is 0. The summed E-state index contributed by atoms with van der Waals surface area (Å²) in [6.07, 6.45) is 5.37. The lowest BCUT2D eigenvalue weighted by molar-refractivity contribution is 0.763. The van der Waals surface area contributed by atoms with Gasteiger partial charge in [-0.15, -0.1) is 5.92 Å². The SMILES string of the molecule is CC#CC(I)(CC)C(I)(I)/C=C/C. The molecule has 0 heterocycles. The van der Waals surface area contributed by atoms with Gasteiger partial charge in [0.25, 0.3) is 0 Å². The third-order valence-electron chi connectivity index (χ3n) is 1.71. The van der Waals surface area contributed by atoms with Crippen molar-refractivity contribution < 1.29 is 0 Å². The minimum Gasteiger partial charge on any atom is -0.105 e. The summed E-state index contributed by atoms with van der Waals surface area (Å²) in [4.78, 5) is 0. The highest BCUT2D eigenvalue weighted by molar-refractivity contribution is 14.2. The molecule has 0 saturated carbocycles. The van der Waals surface area contributed by atoms with Gasteiger partial charge in [0.05, 0.1) is 0 Å². The molecule has 0 radical (unpaired) electrons. The van der Waals surface area contributed by atoms with Gasteiger partial charge >= 0.3 is 0 Å². The van der Waals surface area contributed by atoms with Crippen LogP contribution in [0.4, 0.5) is 0 Å². The molecule has 0 amide bonds. The minimum atomic E-state index is 0.0349. The zero-order valence-corrected chi connectivity index (χ0v) is 14.5. The Morgan fingerprint density at radius 2 is 1.85 bits per heavy atom. The summed E-state index contributed by atoms with van der Waals surface area (Å²) >= 11 is 7.40. The molecule has 0 rings (SSSR count). The first-order chi connectivity index (χ1) is 5.93. The van der Waals surface area contributed by atoms with Gasteiger partial charge in [-0.25, -0.2) is 0 Å². The number of rotatable bonds is 3. The first-order valence-corrected chi connectivity index (χ1v) is 7.31. The molecule has 13 heavy (non-hydrogen) atoms. The van der Waals surface area contributed by atoms with Crippen molar-refractivity contribution in [1.29, 1.82) is 0 Å². The van der Waals surface area contributed by atoms with E-state index in [1.807, 2.05) is 6.92 Å². The molecule has 0 saturated heterocycles. The van der Waals surface area contributed by atoms with Gasteiger partial charge in [0, 0.05) is 0 Å². The van der Waals surface area contributed by atoms with E-state index in [1.54, 1.807) is 0 Å². The molecule has 0 bridgehead atoms. The lowest BCUT2D eigenvalue weighted by atomic mass is 10.0. The Balaban J connectivity index is 5.01. The molecule has 0 aromatic rings. The largest absolute Gasteiger partial charge is 0.117 e. The average Bonchev–Trinajstić information content (AvgIpc) is 2.04. The molecule has 1 atom stereocenters. The summed E-state index contributed by atoms with van der Waals surface area (Å²) in [6, 6.07) is 0. The lowest BCUT2D eigenvalue weighted by Crippen LogP contribution is -2.36. The van der Waals surface area contributed by atoms with Crippen LogP contribution in [-0.2, 0) is 0 Å². The van der Waals surface area contributed by atoms with E-state index < -0.39 is 0 Å². The molecule has 0 nitrogen and oxygen atoms in total. The molecule has 0 aliphatic carbocycles. The first-order valence-electron chi connectivity index (χ1n) is 4.08. The maximum atomic E-state index is 3.30. The van der Waals surface area contributed by atoms with Crippen molar-refractivity contribution in [2.45, 2.75) is 32.0 Å². The van der Waals surface area contributed by atoms with E-state index in [-0.39, 0.29) is 4.85 Å². The zero-order chi connectivity index (χ0) is 10.5. The van der Waals surface area contributed by atoms with Gasteiger partial charge < -0.3 is 0 Å². The third kappa shape index (κ3) is 3.86. The highest BCUT2D eigenvalue weighted by Crippen LogP contribution is 2.48. The van der Waals surface area contributed by atoms with E-state index in [0.717, 1.165) is 6.42 Å². The Morgan fingerprint density at radius 3 is 2.15 bits per heavy atom. The van der Waals surface area contributed by atoms with E-state index in [9.17, 15) is 0 Å². The number of hydrogen-bond acceptors (Lipinski definition) is 0. The number of halogens is 3. The Bertz CT molecular complexity index is 245. The molecule has 0 aromatic heterocycles. The van der Waals surface area contributed by atoms with E-state index in [4.69, 9.17) is 0 Å². The quantitative estimate of drug-likeness (QED) is 0.221. The van der Waals surface area contributed by atoms with Gasteiger partial charge in [-0.1, -0.05) is 92.8 Å². The van der Waals surface area contributed by atoms with Crippen molar-refractivity contribution in [1.82, 2.24) is 0 Å². The molecule has 0 aromatic carbocycles. The molecule has 0 aliphatic rings. The molecule has 3 heteroatoms. The Labute approximate surface area is 122 Å². The van der Waals surface area contributed by atoms with Crippen LogP contribution < -0.4 is 0 Å². The van der Waals surface area contributed by atoms with Gasteiger partial charge in [-0.3, -0.25) is 0 Å². The van der Waals surface area contributed by atoms with E-state index in [1.165, 1.54) is 0 Å². The minimum absolute atomic E-state index is 0.0349. The van der Waals surface area contributed by atoms with Crippen molar-refractivity contribution in [3.63, 3.8) is 0 Å². The molecular formula is C10H13I3. The van der Waals surface area contributed by atoms with Crippen molar-refractivity contribution in [3.8, 4) is 11.8 Å². The van der Waals surface area contributed by atoms with Gasteiger partial charge in [0.2, 0.25) is 0 Å². The summed E-state index contributed by atoms with van der Waals surface area (Å²) < 4.78 is 0.114. The van der Waals surface area contributed by atoms with Crippen LogP contribution in [-0.4, -0.2) is 4.85 Å². The number of hydrogen-bond donors (Lipinski definition) is 0. The molecule has 74 valence electrons. The maximum Gasteiger partial charge on any atom is 0.117 e. The van der Waals surface area contributed by atoms with Crippen LogP contribution in [0.3, 0.4) is 0 Å². The molecule has 0 spiro atoms. The lowest BCUT2D eigenvalue weighted by Gasteiger charge is -2.32. The summed E-state index contributed by atoms with van der Waals surface area (Å²) in [5.74, 6) is 6.33. The van der Waals surface area contributed by atoms with Gasteiger partial charge in [-0.05, 0) is 20.3 Å². The fourth-order valence-electron chi connectivity index (χ4n) is 0.947. The van der Waals surface area contributed by atoms with E-state index >= 15 is 0 Å². The highest BCUT2D eigenvalue weighted by atomic mass is 127. The van der Waals surface area contributed by atoms with Crippen LogP contribution >= 0.6 is 67.8 Å². The summed E-state index contributed by atoms with van der Waals surface area (Å²) in [5.41, 5.74) is 0. The molecule has 0 aliphatic heterocycles. The first kappa shape index (κ1) is 14.5. The second kappa shape index (κ2) is 6.16. The predicted molar refractivity (Wildman–Crippen MR) is 86.1 cm³/mol. The Kier molecular flexibility index (Phi) is 6.86. The summed E-state index contributed by atoms with van der Waals surface area (Å²) in [6.45, 7) is 6.15. The summed E-state index contributed by atoms with van der Waals surface area (Å²) in [5, 5.41) is 0. The topological polar surface area (TPSA) is 0 Å². The van der Waals surface area contributed by atoms with Crippen LogP contribution in [0.2, 0.25) is 0 Å². The number of allylic oxidation sites excluding steroid dienone is 2. The standard InChI is InChI=1S/C10H13I3/c1-4-7-9(11,6-3)10(12,13)8-5-2/h5,8H,6H2,1-3H3/b8-5+. The maximum absolute atomic E-state index is 3.30. The fraction of sp³-hybridized carbons (Fsp3) is 0.600. The van der Waals surface area contributed by atoms with E-state index in [2.05, 4.69) is 106 Å². The van der Waals surface area contributed by atoms with Crippen LogP contribution in [0, 0.1) is 11.8 Å². The van der Waals surface area contributed by atoms with Gasteiger partial charge in [0.15, 0.2) is 0 Å². The van der Waals surface area contributed by atoms with Crippen molar-refractivity contribution in [2.24, 2.45) is 0 Å². The van der Waals surface area contributed by atoms with Crippen LogP contribution in [0.1, 0.15) is 27.2 Å². The predicted octanol–water partition coefficient (Wildman–Crippen LogP) is 4.74. The van der Waals surface area contributed by atoms with E-state index in [0.29, 0.717) is 0 Å². The van der Waals surface area contributed by atoms with Crippen molar-refractivity contribution in [3.05, 3.63) is 12.2 Å². The monoisotopic (exact) mass is 514 g/mol. The van der Waals surface area contributed by atoms with Crippen molar-refractivity contribution in [2.75, 3.05) is 0 Å². The number of alkyl halides is 3. The second-order valence-electron chi connectivity index (χ2n) is 2.65. The smallest absolute Gasteiger partial charge is 0.105 e. The third-order valence-corrected chi connectivity index (χ3v) is 8.22. The Hall–Kier alpha value is 1.49. The average molecular weight is 514 g/mol. The fourth-order valence-corrected chi connectivity index (χ4v) is 3.15. The molecular weight excluding hydrogens is 501 g/mol. The molecule has 0 N–H and O–H groups in total. The molecule has 1 unspecified atom stereocenters. The second-order valence-corrected chi connectivity index (χ2v) is 9.96. The van der Waals surface area contributed by atoms with Crippen LogP contribution in [0.5, 0.6) is 0 Å². The van der Waals surface area contributed by atoms with Crippen LogP contribution in [0.25, 0.3) is 0 Å². The van der Waals surface area contributed by atoms with Crippen LogP contribution in [0.15, 0.2) is 12.2 Å². The molecule has 0 fully saturated rings.